The Morgan fingerprint density at radius 1 is 1.19 bits per heavy atom. The van der Waals surface area contributed by atoms with Crippen LogP contribution in [0.2, 0.25) is 0 Å². The highest BCUT2D eigenvalue weighted by Crippen LogP contribution is 2.23. The highest BCUT2D eigenvalue weighted by atomic mass is 35.5. The zero-order valence-electron chi connectivity index (χ0n) is 15.2. The number of hydrogen-bond donors (Lipinski definition) is 2. The minimum atomic E-state index is -0.552. The van der Waals surface area contributed by atoms with E-state index in [1.807, 2.05) is 0 Å². The van der Waals surface area contributed by atoms with Crippen LogP contribution in [0.4, 0.5) is 10.1 Å². The molecule has 0 bridgehead atoms. The lowest BCUT2D eigenvalue weighted by Gasteiger charge is -2.31. The topological polar surface area (TPSA) is 76.8 Å². The van der Waals surface area contributed by atoms with Crippen LogP contribution in [-0.2, 0) is 20.8 Å². The van der Waals surface area contributed by atoms with Crippen molar-refractivity contribution in [1.82, 2.24) is 5.32 Å². The molecule has 1 aromatic rings. The van der Waals surface area contributed by atoms with E-state index in [4.69, 9.17) is 15.2 Å². The number of halogens is 3. The Hall–Kier alpha value is -1.12. The SMILES string of the molecule is Cl.Cl.NC(C(=O)NCc1cc(F)ccc1N1CCOCC1)C1CCOCC1. The van der Waals surface area contributed by atoms with Gasteiger partial charge < -0.3 is 25.4 Å². The smallest absolute Gasteiger partial charge is 0.237 e. The first-order valence-corrected chi connectivity index (χ1v) is 8.87. The van der Waals surface area contributed by atoms with Crippen LogP contribution in [0, 0.1) is 11.7 Å². The second-order valence-electron chi connectivity index (χ2n) is 6.57. The van der Waals surface area contributed by atoms with Gasteiger partial charge in [0.2, 0.25) is 5.91 Å². The normalized spacial score (nSPS) is 18.8. The number of anilines is 1. The van der Waals surface area contributed by atoms with E-state index in [0.717, 1.165) is 37.2 Å². The molecule has 1 amide bonds. The van der Waals surface area contributed by atoms with E-state index in [0.29, 0.717) is 26.4 Å². The molecule has 154 valence electrons. The van der Waals surface area contributed by atoms with Gasteiger partial charge >= 0.3 is 0 Å². The van der Waals surface area contributed by atoms with Gasteiger partial charge in [0, 0.05) is 38.5 Å². The van der Waals surface area contributed by atoms with Crippen LogP contribution in [0.25, 0.3) is 0 Å². The summed E-state index contributed by atoms with van der Waals surface area (Å²) < 4.78 is 24.4. The number of carbonyl (C=O) groups excluding carboxylic acids is 1. The predicted molar refractivity (Wildman–Crippen MR) is 107 cm³/mol. The number of ether oxygens (including phenoxy) is 2. The van der Waals surface area contributed by atoms with Crippen molar-refractivity contribution < 1.29 is 18.7 Å². The van der Waals surface area contributed by atoms with Gasteiger partial charge in [0.05, 0.1) is 19.3 Å². The molecule has 2 aliphatic rings. The first-order valence-electron chi connectivity index (χ1n) is 8.87. The number of nitrogens with two attached hydrogens (primary N) is 1. The molecule has 0 spiro atoms. The summed E-state index contributed by atoms with van der Waals surface area (Å²) in [5.41, 5.74) is 7.79. The fraction of sp³-hybridized carbons (Fsp3) is 0.611. The summed E-state index contributed by atoms with van der Waals surface area (Å²) in [6, 6.07) is 4.14. The molecular weight excluding hydrogens is 396 g/mol. The quantitative estimate of drug-likeness (QED) is 0.755. The number of nitrogens with one attached hydrogen (secondary N) is 1. The monoisotopic (exact) mass is 423 g/mol. The third kappa shape index (κ3) is 6.47. The van der Waals surface area contributed by atoms with Crippen molar-refractivity contribution in [2.24, 2.45) is 11.7 Å². The van der Waals surface area contributed by atoms with Crippen molar-refractivity contribution >= 4 is 36.4 Å². The minimum Gasteiger partial charge on any atom is -0.381 e. The van der Waals surface area contributed by atoms with Crippen molar-refractivity contribution in [1.29, 1.82) is 0 Å². The van der Waals surface area contributed by atoms with Crippen LogP contribution in [0.3, 0.4) is 0 Å². The predicted octanol–water partition coefficient (Wildman–Crippen LogP) is 1.88. The molecule has 0 aliphatic carbocycles. The number of carbonyl (C=O) groups is 1. The molecule has 1 atom stereocenters. The molecule has 3 N–H and O–H groups in total. The van der Waals surface area contributed by atoms with Crippen LogP contribution in [0.15, 0.2) is 18.2 Å². The van der Waals surface area contributed by atoms with E-state index in [1.54, 1.807) is 6.07 Å². The zero-order chi connectivity index (χ0) is 17.6. The molecule has 2 heterocycles. The Bertz CT molecular complexity index is 597. The van der Waals surface area contributed by atoms with Crippen LogP contribution >= 0.6 is 24.8 Å². The Labute approximate surface area is 171 Å². The van der Waals surface area contributed by atoms with Crippen molar-refractivity contribution in [3.05, 3.63) is 29.6 Å². The molecular formula is C18H28Cl2FN3O3. The number of rotatable bonds is 5. The van der Waals surface area contributed by atoms with Crippen molar-refractivity contribution in [3.8, 4) is 0 Å². The average molecular weight is 424 g/mol. The van der Waals surface area contributed by atoms with Gasteiger partial charge in [-0.15, -0.1) is 24.8 Å². The van der Waals surface area contributed by atoms with Crippen molar-refractivity contribution in [2.45, 2.75) is 25.4 Å². The number of morpholine rings is 1. The van der Waals surface area contributed by atoms with Gasteiger partial charge in [-0.2, -0.15) is 0 Å². The molecule has 3 rings (SSSR count). The largest absolute Gasteiger partial charge is 0.381 e. The van der Waals surface area contributed by atoms with Gasteiger partial charge in [-0.3, -0.25) is 4.79 Å². The van der Waals surface area contributed by atoms with Gasteiger partial charge in [0.1, 0.15) is 5.82 Å². The Morgan fingerprint density at radius 3 is 2.48 bits per heavy atom. The fourth-order valence-electron chi connectivity index (χ4n) is 3.40. The van der Waals surface area contributed by atoms with Crippen molar-refractivity contribution in [3.63, 3.8) is 0 Å². The van der Waals surface area contributed by atoms with Gasteiger partial charge in [-0.25, -0.2) is 4.39 Å². The van der Waals surface area contributed by atoms with E-state index < -0.39 is 6.04 Å². The average Bonchev–Trinajstić information content (AvgIpc) is 2.67. The van der Waals surface area contributed by atoms with Gasteiger partial charge in [-0.05, 0) is 42.5 Å². The van der Waals surface area contributed by atoms with E-state index in [-0.39, 0.29) is 49.0 Å². The summed E-state index contributed by atoms with van der Waals surface area (Å²) in [4.78, 5) is 14.5. The maximum absolute atomic E-state index is 13.7. The highest BCUT2D eigenvalue weighted by Gasteiger charge is 2.26. The second-order valence-corrected chi connectivity index (χ2v) is 6.57. The summed E-state index contributed by atoms with van der Waals surface area (Å²) in [6.45, 7) is 4.38. The first kappa shape index (κ1) is 23.9. The Morgan fingerprint density at radius 2 is 1.81 bits per heavy atom. The Balaban J connectivity index is 0.00000182. The van der Waals surface area contributed by atoms with Gasteiger partial charge in [-0.1, -0.05) is 0 Å². The highest BCUT2D eigenvalue weighted by molar-refractivity contribution is 5.85. The maximum Gasteiger partial charge on any atom is 0.237 e. The van der Waals surface area contributed by atoms with Crippen LogP contribution in [0.5, 0.6) is 0 Å². The molecule has 2 aliphatic heterocycles. The number of hydrogen-bond acceptors (Lipinski definition) is 5. The molecule has 1 aromatic carbocycles. The Kier molecular flexibility index (Phi) is 10.3. The lowest BCUT2D eigenvalue weighted by molar-refractivity contribution is -0.124. The molecule has 27 heavy (non-hydrogen) atoms. The van der Waals surface area contributed by atoms with E-state index in [1.165, 1.54) is 12.1 Å². The van der Waals surface area contributed by atoms with E-state index in [2.05, 4.69) is 10.2 Å². The number of amides is 1. The summed E-state index contributed by atoms with van der Waals surface area (Å²) >= 11 is 0. The summed E-state index contributed by atoms with van der Waals surface area (Å²) in [5.74, 6) is -0.362. The minimum absolute atomic E-state index is 0. The third-order valence-corrected chi connectivity index (χ3v) is 4.92. The summed E-state index contributed by atoms with van der Waals surface area (Å²) in [6.07, 6.45) is 1.60. The summed E-state index contributed by atoms with van der Waals surface area (Å²) in [5, 5.41) is 2.87. The number of benzene rings is 1. The molecule has 0 saturated carbocycles. The van der Waals surface area contributed by atoms with E-state index >= 15 is 0 Å². The standard InChI is InChI=1S/C18H26FN3O3.2ClH/c19-15-1-2-16(22-5-9-25-10-6-22)14(11-15)12-21-18(23)17(20)13-3-7-24-8-4-13;;/h1-2,11,13,17H,3-10,12,20H2,(H,21,23);2*1H. The molecule has 0 aromatic heterocycles. The second kappa shape index (κ2) is 11.7. The molecule has 2 fully saturated rings. The molecule has 2 saturated heterocycles. The fourth-order valence-corrected chi connectivity index (χ4v) is 3.40. The van der Waals surface area contributed by atoms with Crippen LogP contribution in [0.1, 0.15) is 18.4 Å². The third-order valence-electron chi connectivity index (χ3n) is 4.92. The van der Waals surface area contributed by atoms with Gasteiger partial charge in [0.25, 0.3) is 0 Å². The number of nitrogens with zero attached hydrogens (tertiary/aromatic N) is 1. The lowest BCUT2D eigenvalue weighted by atomic mass is 9.92. The van der Waals surface area contributed by atoms with Crippen molar-refractivity contribution in [2.75, 3.05) is 44.4 Å². The van der Waals surface area contributed by atoms with E-state index in [9.17, 15) is 9.18 Å². The molecule has 6 nitrogen and oxygen atoms in total. The molecule has 0 radical (unpaired) electrons. The van der Waals surface area contributed by atoms with Crippen LogP contribution < -0.4 is 16.0 Å². The zero-order valence-corrected chi connectivity index (χ0v) is 16.8. The first-order chi connectivity index (χ1) is 12.1. The molecule has 1 unspecified atom stereocenters. The molecule has 9 heteroatoms. The summed E-state index contributed by atoms with van der Waals surface area (Å²) in [7, 11) is 0. The van der Waals surface area contributed by atoms with Crippen LogP contribution in [-0.4, -0.2) is 51.5 Å². The lowest BCUT2D eigenvalue weighted by Crippen LogP contribution is -2.47. The maximum atomic E-state index is 13.7. The van der Waals surface area contributed by atoms with Gasteiger partial charge in [0.15, 0.2) is 0 Å².